The van der Waals surface area contributed by atoms with Crippen LogP contribution in [0.3, 0.4) is 0 Å². The summed E-state index contributed by atoms with van der Waals surface area (Å²) < 4.78 is 13.2. The van der Waals surface area contributed by atoms with E-state index in [9.17, 15) is 14.0 Å². The molecule has 2 amide bonds. The van der Waals surface area contributed by atoms with E-state index in [-0.39, 0.29) is 17.6 Å². The molecule has 6 nitrogen and oxygen atoms in total. The molecular weight excluding hydrogens is 439 g/mol. The van der Waals surface area contributed by atoms with E-state index < -0.39 is 0 Å². The summed E-state index contributed by atoms with van der Waals surface area (Å²) in [5.74, 6) is -0.748. The van der Waals surface area contributed by atoms with Crippen LogP contribution in [0, 0.1) is 12.7 Å². The van der Waals surface area contributed by atoms with Crippen LogP contribution in [0.4, 0.5) is 15.2 Å². The molecule has 0 unspecified atom stereocenters. The molecule has 1 N–H and O–H groups in total. The Morgan fingerprint density at radius 3 is 2.55 bits per heavy atom. The van der Waals surface area contributed by atoms with Crippen LogP contribution >= 0.6 is 11.3 Å². The van der Waals surface area contributed by atoms with Gasteiger partial charge in [0.2, 0.25) is 0 Å². The number of benzene rings is 2. The van der Waals surface area contributed by atoms with E-state index in [2.05, 4.69) is 15.3 Å². The number of fused-ring (bicyclic) bond motifs is 1. The van der Waals surface area contributed by atoms with E-state index in [1.54, 1.807) is 29.4 Å². The number of nitrogens with one attached hydrogen (secondary N) is 1. The second kappa shape index (κ2) is 8.55. The van der Waals surface area contributed by atoms with E-state index in [4.69, 9.17) is 0 Å². The van der Waals surface area contributed by atoms with Gasteiger partial charge in [0.25, 0.3) is 11.8 Å². The molecular formula is C25H19FN4O2S. The third-order valence-corrected chi connectivity index (χ3v) is 6.43. The topological polar surface area (TPSA) is 75.2 Å². The predicted octanol–water partition coefficient (Wildman–Crippen LogP) is 5.11. The predicted molar refractivity (Wildman–Crippen MR) is 126 cm³/mol. The van der Waals surface area contributed by atoms with Crippen molar-refractivity contribution in [3.63, 3.8) is 0 Å². The number of carbonyl (C=O) groups excluding carboxylic acids is 2. The maximum absolute atomic E-state index is 13.2. The largest absolute Gasteiger partial charge is 0.308 e. The van der Waals surface area contributed by atoms with Crippen molar-refractivity contribution in [2.75, 3.05) is 16.8 Å². The number of aromatic nitrogens is 2. The fourth-order valence-corrected chi connectivity index (χ4v) is 4.73. The molecule has 2 aromatic heterocycles. The lowest BCUT2D eigenvalue weighted by Gasteiger charge is -2.17. The number of hydrogen-bond acceptors (Lipinski definition) is 5. The van der Waals surface area contributed by atoms with Crippen molar-refractivity contribution in [2.24, 2.45) is 0 Å². The molecule has 0 atom stereocenters. The van der Waals surface area contributed by atoms with Gasteiger partial charge in [-0.2, -0.15) is 0 Å². The number of halogens is 1. The summed E-state index contributed by atoms with van der Waals surface area (Å²) in [5, 5.41) is 3.37. The van der Waals surface area contributed by atoms with Crippen molar-refractivity contribution in [2.45, 2.75) is 13.3 Å². The highest BCUT2D eigenvalue weighted by Gasteiger charge is 2.26. The summed E-state index contributed by atoms with van der Waals surface area (Å²) in [5.41, 5.74) is 4.62. The lowest BCUT2D eigenvalue weighted by molar-refractivity contribution is 0.0987. The Morgan fingerprint density at radius 1 is 1.03 bits per heavy atom. The normalized spacial score (nSPS) is 12.5. The molecule has 4 aromatic rings. The molecule has 2 aromatic carbocycles. The number of nitrogens with zero attached hydrogens (tertiary/aromatic N) is 3. The molecule has 0 saturated carbocycles. The number of rotatable bonds is 4. The highest BCUT2D eigenvalue weighted by molar-refractivity contribution is 7.16. The Hall–Kier alpha value is -3.91. The molecule has 0 saturated heterocycles. The molecule has 8 heteroatoms. The van der Waals surface area contributed by atoms with Gasteiger partial charge in [0.05, 0.1) is 5.69 Å². The van der Waals surface area contributed by atoms with Gasteiger partial charge >= 0.3 is 0 Å². The third-order valence-electron chi connectivity index (χ3n) is 5.54. The van der Waals surface area contributed by atoms with Gasteiger partial charge < -0.3 is 4.90 Å². The number of pyridine rings is 1. The zero-order chi connectivity index (χ0) is 22.9. The van der Waals surface area contributed by atoms with Crippen LogP contribution < -0.4 is 10.2 Å². The van der Waals surface area contributed by atoms with Crippen molar-refractivity contribution in [1.29, 1.82) is 0 Å². The summed E-state index contributed by atoms with van der Waals surface area (Å²) in [7, 11) is 0. The van der Waals surface area contributed by atoms with Gasteiger partial charge in [-0.1, -0.05) is 6.07 Å². The maximum Gasteiger partial charge on any atom is 0.258 e. The molecule has 5 rings (SSSR count). The van der Waals surface area contributed by atoms with Crippen LogP contribution in [0.15, 0.2) is 67.0 Å². The first-order valence-electron chi connectivity index (χ1n) is 10.4. The number of amides is 2. The Morgan fingerprint density at radius 2 is 1.79 bits per heavy atom. The Labute approximate surface area is 193 Å². The van der Waals surface area contributed by atoms with Crippen molar-refractivity contribution in [1.82, 2.24) is 9.97 Å². The third kappa shape index (κ3) is 4.12. The minimum Gasteiger partial charge on any atom is -0.308 e. The lowest BCUT2D eigenvalue weighted by atomic mass is 10.1. The first-order chi connectivity index (χ1) is 16.0. The smallest absolute Gasteiger partial charge is 0.258 e. The molecule has 3 heterocycles. The number of hydrogen-bond donors (Lipinski definition) is 1. The number of thiazole rings is 1. The van der Waals surface area contributed by atoms with Crippen LogP contribution in [0.1, 0.15) is 31.2 Å². The summed E-state index contributed by atoms with van der Waals surface area (Å²) in [6.07, 6.45) is 3.87. The Balaban J connectivity index is 1.37. The number of aryl methyl sites for hydroxylation is 1. The summed E-state index contributed by atoms with van der Waals surface area (Å²) >= 11 is 1.42. The van der Waals surface area contributed by atoms with Gasteiger partial charge in [0.15, 0.2) is 5.13 Å². The van der Waals surface area contributed by atoms with E-state index in [1.165, 1.54) is 35.6 Å². The van der Waals surface area contributed by atoms with E-state index in [1.807, 2.05) is 25.1 Å². The van der Waals surface area contributed by atoms with E-state index >= 15 is 0 Å². The van der Waals surface area contributed by atoms with Crippen LogP contribution in [0.5, 0.6) is 0 Å². The van der Waals surface area contributed by atoms with Crippen molar-refractivity contribution < 1.29 is 14.0 Å². The molecule has 33 heavy (non-hydrogen) atoms. The molecule has 0 aliphatic carbocycles. The van der Waals surface area contributed by atoms with Crippen LogP contribution in [-0.2, 0) is 6.42 Å². The summed E-state index contributed by atoms with van der Waals surface area (Å²) in [4.78, 5) is 36.6. The van der Waals surface area contributed by atoms with Crippen molar-refractivity contribution >= 4 is 34.0 Å². The van der Waals surface area contributed by atoms with Crippen LogP contribution in [0.25, 0.3) is 11.3 Å². The van der Waals surface area contributed by atoms with Crippen LogP contribution in [-0.4, -0.2) is 28.3 Å². The Kier molecular flexibility index (Phi) is 5.43. The molecule has 0 radical (unpaired) electrons. The second-order valence-electron chi connectivity index (χ2n) is 7.67. The molecule has 164 valence electrons. The average Bonchev–Trinajstić information content (AvgIpc) is 3.42. The van der Waals surface area contributed by atoms with Crippen LogP contribution in [0.2, 0.25) is 0 Å². The van der Waals surface area contributed by atoms with E-state index in [0.717, 1.165) is 33.8 Å². The number of carbonyl (C=O) groups is 2. The van der Waals surface area contributed by atoms with Crippen molar-refractivity contribution in [3.8, 4) is 11.3 Å². The molecule has 1 aliphatic heterocycles. The fourth-order valence-electron chi connectivity index (χ4n) is 3.90. The second-order valence-corrected chi connectivity index (χ2v) is 8.87. The maximum atomic E-state index is 13.2. The molecule has 0 fully saturated rings. The van der Waals surface area contributed by atoms with Gasteiger partial charge in [-0.05, 0) is 67.4 Å². The Bertz CT molecular complexity index is 1350. The van der Waals surface area contributed by atoms with Gasteiger partial charge in [-0.15, -0.1) is 11.3 Å². The SMILES string of the molecule is Cc1sc(NC(=O)c2ccncc2)nc1-c1ccc2c(c1)CCN2C(=O)c1ccc(F)cc1. The molecule has 0 spiro atoms. The van der Waals surface area contributed by atoms with Crippen molar-refractivity contribution in [3.05, 3.63) is 94.4 Å². The zero-order valence-electron chi connectivity index (χ0n) is 17.7. The summed E-state index contributed by atoms with van der Waals surface area (Å²) in [6.45, 7) is 2.53. The first-order valence-corrected chi connectivity index (χ1v) is 11.2. The summed E-state index contributed by atoms with van der Waals surface area (Å²) in [6, 6.07) is 14.8. The highest BCUT2D eigenvalue weighted by atomic mass is 32.1. The first kappa shape index (κ1) is 21.0. The minimum atomic E-state index is -0.368. The fraction of sp³-hybridized carbons (Fsp3) is 0.120. The standard InChI is InChI=1S/C25H19FN4O2S/c1-15-22(28-25(33-15)29-23(31)16-8-11-27-12-9-16)19-4-7-21-18(14-19)10-13-30(21)24(32)17-2-5-20(26)6-3-17/h2-9,11-12,14H,10,13H2,1H3,(H,28,29,31). The quantitative estimate of drug-likeness (QED) is 0.461. The monoisotopic (exact) mass is 458 g/mol. The average molecular weight is 459 g/mol. The zero-order valence-corrected chi connectivity index (χ0v) is 18.5. The van der Waals surface area contributed by atoms with Gasteiger partial charge in [0, 0.05) is 46.2 Å². The van der Waals surface area contributed by atoms with Gasteiger partial charge in [-0.3, -0.25) is 19.9 Å². The molecule has 0 bridgehead atoms. The molecule has 1 aliphatic rings. The minimum absolute atomic E-state index is 0.146. The highest BCUT2D eigenvalue weighted by Crippen LogP contribution is 2.36. The van der Waals surface area contributed by atoms with Gasteiger partial charge in [-0.25, -0.2) is 9.37 Å². The number of anilines is 2. The van der Waals surface area contributed by atoms with Gasteiger partial charge in [0.1, 0.15) is 5.82 Å². The van der Waals surface area contributed by atoms with E-state index in [0.29, 0.717) is 22.8 Å². The lowest BCUT2D eigenvalue weighted by Crippen LogP contribution is -2.28.